The number of carbonyl (C=O) groups excluding carboxylic acids is 2. The molecule has 3 N–H and O–H groups in total. The van der Waals surface area contributed by atoms with E-state index in [1.165, 1.54) is 10.9 Å². The number of nitrogens with two attached hydrogens (primary N) is 1. The summed E-state index contributed by atoms with van der Waals surface area (Å²) < 4.78 is 3.04. The summed E-state index contributed by atoms with van der Waals surface area (Å²) in [6.07, 6.45) is 1.91. The number of amides is 2. The summed E-state index contributed by atoms with van der Waals surface area (Å²) >= 11 is 0. The van der Waals surface area contributed by atoms with E-state index in [4.69, 9.17) is 5.73 Å². The predicted molar refractivity (Wildman–Crippen MR) is 140 cm³/mol. The molecule has 1 aliphatic rings. The minimum absolute atomic E-state index is 0.167. The Bertz CT molecular complexity index is 1620. The van der Waals surface area contributed by atoms with E-state index >= 15 is 0 Å². The van der Waals surface area contributed by atoms with Crippen LogP contribution in [0.2, 0.25) is 0 Å². The number of fused-ring (bicyclic) bond motifs is 1. The zero-order valence-corrected chi connectivity index (χ0v) is 20.4. The van der Waals surface area contributed by atoms with Crippen LogP contribution in [0, 0.1) is 18.8 Å². The van der Waals surface area contributed by atoms with Crippen LogP contribution in [-0.4, -0.2) is 48.9 Å². The first-order valence-corrected chi connectivity index (χ1v) is 11.8. The van der Waals surface area contributed by atoms with Crippen molar-refractivity contribution in [3.05, 3.63) is 76.5 Å². The summed E-state index contributed by atoms with van der Waals surface area (Å²) in [7, 11) is 0. The van der Waals surface area contributed by atoms with Crippen molar-refractivity contribution in [1.29, 1.82) is 0 Å². The standard InChI is InChI=1S/C27H25N7O3/c1-3-4-22(35)32-14-13-21(15-32)34-25-23(24(28)29-16-30-25)33(27(34)37)20-11-9-19(10-12-20)31-26(36)18-7-5-17(2)6-8-18/h5-12,16,21H,13-15H2,1-2H3,(H,31,36)(H2,28,29,30)/t21-/m1/s1. The SMILES string of the molecule is CC#CC(=O)N1CC[C@@H](n2c(=O)n(-c3ccc(NC(=O)c4ccc(C)cc4)cc3)c3c(N)ncnc32)C1. The first-order chi connectivity index (χ1) is 17.9. The van der Waals surface area contributed by atoms with Gasteiger partial charge in [0.2, 0.25) is 0 Å². The molecule has 0 bridgehead atoms. The number of benzene rings is 2. The van der Waals surface area contributed by atoms with E-state index < -0.39 is 0 Å². The van der Waals surface area contributed by atoms with Crippen LogP contribution in [0.5, 0.6) is 0 Å². The molecule has 10 heteroatoms. The zero-order valence-electron chi connectivity index (χ0n) is 20.4. The van der Waals surface area contributed by atoms with Gasteiger partial charge in [0.15, 0.2) is 11.5 Å². The third kappa shape index (κ3) is 4.43. The van der Waals surface area contributed by atoms with Gasteiger partial charge in [-0.3, -0.25) is 18.7 Å². The molecule has 2 aromatic carbocycles. The summed E-state index contributed by atoms with van der Waals surface area (Å²) in [4.78, 5) is 48.6. The van der Waals surface area contributed by atoms with Crippen LogP contribution in [-0.2, 0) is 4.79 Å². The number of nitrogens with zero attached hydrogens (tertiary/aromatic N) is 5. The van der Waals surface area contributed by atoms with Crippen molar-refractivity contribution >= 4 is 34.5 Å². The van der Waals surface area contributed by atoms with E-state index in [1.807, 2.05) is 19.1 Å². The molecule has 186 valence electrons. The molecular formula is C27H25N7O3. The first kappa shape index (κ1) is 23.8. The third-order valence-electron chi connectivity index (χ3n) is 6.43. The molecule has 3 heterocycles. The molecule has 4 aromatic rings. The monoisotopic (exact) mass is 495 g/mol. The average Bonchev–Trinajstić information content (AvgIpc) is 3.48. The van der Waals surface area contributed by atoms with E-state index in [1.54, 1.807) is 52.8 Å². The van der Waals surface area contributed by atoms with Gasteiger partial charge in [-0.05, 0) is 62.6 Å². The van der Waals surface area contributed by atoms with Crippen molar-refractivity contribution < 1.29 is 9.59 Å². The lowest BCUT2D eigenvalue weighted by atomic mass is 10.1. The number of likely N-dealkylation sites (tertiary alicyclic amines) is 1. The van der Waals surface area contributed by atoms with Crippen LogP contribution in [0.4, 0.5) is 11.5 Å². The molecule has 0 saturated carbocycles. The lowest BCUT2D eigenvalue weighted by molar-refractivity contribution is -0.124. The Morgan fingerprint density at radius 3 is 2.51 bits per heavy atom. The number of nitrogens with one attached hydrogen (secondary N) is 1. The van der Waals surface area contributed by atoms with Gasteiger partial charge in [0, 0.05) is 24.3 Å². The van der Waals surface area contributed by atoms with Gasteiger partial charge in [0.05, 0.1) is 11.7 Å². The summed E-state index contributed by atoms with van der Waals surface area (Å²) in [5, 5.41) is 2.87. The number of aromatic nitrogens is 4. The Morgan fingerprint density at radius 2 is 1.81 bits per heavy atom. The molecule has 5 rings (SSSR count). The fraction of sp³-hybridized carbons (Fsp3) is 0.222. The van der Waals surface area contributed by atoms with Gasteiger partial charge >= 0.3 is 5.69 Å². The largest absolute Gasteiger partial charge is 0.382 e. The number of aryl methyl sites for hydroxylation is 1. The number of imidazole rings is 1. The van der Waals surface area contributed by atoms with Crippen LogP contribution < -0.4 is 16.7 Å². The Hall–Kier alpha value is -4.91. The molecule has 1 saturated heterocycles. The minimum atomic E-state index is -0.334. The van der Waals surface area contributed by atoms with Crippen LogP contribution in [0.25, 0.3) is 16.9 Å². The van der Waals surface area contributed by atoms with Gasteiger partial charge in [-0.25, -0.2) is 14.8 Å². The number of nitrogen functional groups attached to an aromatic ring is 1. The Morgan fingerprint density at radius 1 is 1.08 bits per heavy atom. The molecule has 1 fully saturated rings. The number of hydrogen-bond donors (Lipinski definition) is 2. The maximum Gasteiger partial charge on any atom is 0.335 e. The van der Waals surface area contributed by atoms with E-state index in [2.05, 4.69) is 27.1 Å². The molecule has 1 atom stereocenters. The van der Waals surface area contributed by atoms with Gasteiger partial charge in [0.1, 0.15) is 11.8 Å². The van der Waals surface area contributed by atoms with Crippen molar-refractivity contribution in [3.8, 4) is 17.5 Å². The fourth-order valence-corrected chi connectivity index (χ4v) is 4.56. The topological polar surface area (TPSA) is 128 Å². The maximum absolute atomic E-state index is 13.7. The van der Waals surface area contributed by atoms with Crippen molar-refractivity contribution in [1.82, 2.24) is 24.0 Å². The number of carbonyl (C=O) groups is 2. The van der Waals surface area contributed by atoms with Crippen molar-refractivity contribution in [3.63, 3.8) is 0 Å². The van der Waals surface area contributed by atoms with Gasteiger partial charge < -0.3 is 16.0 Å². The van der Waals surface area contributed by atoms with Crippen LogP contribution in [0.15, 0.2) is 59.7 Å². The van der Waals surface area contributed by atoms with E-state index in [-0.39, 0.29) is 29.4 Å². The minimum Gasteiger partial charge on any atom is -0.382 e. The second kappa shape index (κ2) is 9.62. The second-order valence-corrected chi connectivity index (χ2v) is 8.85. The summed E-state index contributed by atoms with van der Waals surface area (Å²) in [6.45, 7) is 4.41. The highest BCUT2D eigenvalue weighted by Crippen LogP contribution is 2.27. The Labute approximate surface area is 212 Å². The van der Waals surface area contributed by atoms with E-state index in [0.717, 1.165) is 5.56 Å². The predicted octanol–water partition coefficient (Wildman–Crippen LogP) is 2.52. The molecule has 1 aliphatic heterocycles. The molecule has 0 radical (unpaired) electrons. The summed E-state index contributed by atoms with van der Waals surface area (Å²) in [5.74, 6) is 4.85. The Balaban J connectivity index is 1.48. The second-order valence-electron chi connectivity index (χ2n) is 8.85. The average molecular weight is 496 g/mol. The molecule has 0 aliphatic carbocycles. The van der Waals surface area contributed by atoms with Crippen molar-refractivity contribution in [2.24, 2.45) is 0 Å². The fourth-order valence-electron chi connectivity index (χ4n) is 4.56. The highest BCUT2D eigenvalue weighted by Gasteiger charge is 2.31. The molecule has 37 heavy (non-hydrogen) atoms. The van der Waals surface area contributed by atoms with Gasteiger partial charge in [-0.1, -0.05) is 23.6 Å². The number of rotatable bonds is 4. The molecule has 10 nitrogen and oxygen atoms in total. The highest BCUT2D eigenvalue weighted by atomic mass is 16.2. The van der Waals surface area contributed by atoms with Crippen LogP contribution in [0.1, 0.15) is 35.3 Å². The molecule has 0 spiro atoms. The number of anilines is 2. The van der Waals surface area contributed by atoms with E-state index in [0.29, 0.717) is 47.6 Å². The smallest absolute Gasteiger partial charge is 0.335 e. The molecular weight excluding hydrogens is 470 g/mol. The summed E-state index contributed by atoms with van der Waals surface area (Å²) in [6, 6.07) is 13.9. The van der Waals surface area contributed by atoms with Crippen LogP contribution in [0.3, 0.4) is 0 Å². The lowest BCUT2D eigenvalue weighted by Crippen LogP contribution is -2.31. The highest BCUT2D eigenvalue weighted by molar-refractivity contribution is 6.04. The maximum atomic E-state index is 13.7. The molecule has 2 aromatic heterocycles. The zero-order chi connectivity index (χ0) is 26.1. The lowest BCUT2D eigenvalue weighted by Gasteiger charge is -2.14. The Kier molecular flexibility index (Phi) is 6.19. The summed E-state index contributed by atoms with van der Waals surface area (Å²) in [5.41, 5.74) is 9.40. The van der Waals surface area contributed by atoms with Gasteiger partial charge in [-0.15, -0.1) is 0 Å². The van der Waals surface area contributed by atoms with Crippen LogP contribution >= 0.6 is 0 Å². The third-order valence-corrected chi connectivity index (χ3v) is 6.43. The van der Waals surface area contributed by atoms with E-state index in [9.17, 15) is 14.4 Å². The number of hydrogen-bond acceptors (Lipinski definition) is 6. The van der Waals surface area contributed by atoms with Crippen molar-refractivity contribution in [2.75, 3.05) is 24.1 Å². The first-order valence-electron chi connectivity index (χ1n) is 11.8. The van der Waals surface area contributed by atoms with Crippen molar-refractivity contribution in [2.45, 2.75) is 26.3 Å². The van der Waals surface area contributed by atoms with Gasteiger partial charge in [0.25, 0.3) is 11.8 Å². The normalized spacial score (nSPS) is 14.9. The molecule has 0 unspecified atom stereocenters. The molecule has 2 amide bonds. The quantitative estimate of drug-likeness (QED) is 0.419. The van der Waals surface area contributed by atoms with Gasteiger partial charge in [-0.2, -0.15) is 0 Å².